The number of aromatic nitrogens is 2. The molecule has 0 saturated heterocycles. The Balaban J connectivity index is 2.02. The highest BCUT2D eigenvalue weighted by atomic mass is 16.6. The van der Waals surface area contributed by atoms with Gasteiger partial charge in [0.25, 0.3) is 5.69 Å². The van der Waals surface area contributed by atoms with Crippen LogP contribution in [-0.4, -0.2) is 10.2 Å². The number of rotatable bonds is 4. The van der Waals surface area contributed by atoms with E-state index in [1.54, 1.807) is 16.8 Å². The molecule has 3 rings (SSSR count). The molecule has 3 aromatic rings. The molecular formula is C15H13N4O3+. The summed E-state index contributed by atoms with van der Waals surface area (Å²) in [6.45, 7) is 0.458. The minimum absolute atomic E-state index is 0.00985. The molecule has 0 aliphatic carbocycles. The molecule has 2 aromatic carbocycles. The van der Waals surface area contributed by atoms with E-state index in [4.69, 9.17) is 10.3 Å². The van der Waals surface area contributed by atoms with Gasteiger partial charge in [0, 0.05) is 17.7 Å². The summed E-state index contributed by atoms with van der Waals surface area (Å²) >= 11 is 0. The summed E-state index contributed by atoms with van der Waals surface area (Å²) in [5, 5.41) is 14.8. The van der Waals surface area contributed by atoms with E-state index in [2.05, 4.69) is 5.27 Å². The Morgan fingerprint density at radius 1 is 1.18 bits per heavy atom. The molecule has 110 valence electrons. The largest absolute Gasteiger partial charge is 0.362 e. The zero-order valence-corrected chi connectivity index (χ0v) is 11.5. The fraction of sp³-hybridized carbons (Fsp3) is 0.0667. The van der Waals surface area contributed by atoms with Crippen LogP contribution >= 0.6 is 0 Å². The van der Waals surface area contributed by atoms with Crippen molar-refractivity contribution in [2.75, 3.05) is 5.73 Å². The van der Waals surface area contributed by atoms with Gasteiger partial charge in [0.1, 0.15) is 0 Å². The van der Waals surface area contributed by atoms with Gasteiger partial charge in [-0.2, -0.15) is 0 Å². The standard InChI is InChI=1S/C15H13N4O3/c16-15-14(12-7-4-8-13(9-12)19(20)21)18(17-22-15)10-11-5-2-1-3-6-11/h1-9H,10,16H2/q+1. The lowest BCUT2D eigenvalue weighted by molar-refractivity contribution is -0.745. The van der Waals surface area contributed by atoms with Gasteiger partial charge in [-0.3, -0.25) is 14.6 Å². The van der Waals surface area contributed by atoms with E-state index in [0.717, 1.165) is 5.56 Å². The molecule has 0 amide bonds. The summed E-state index contributed by atoms with van der Waals surface area (Å²) in [5.74, 6) is 0.122. The third-order valence-corrected chi connectivity index (χ3v) is 3.23. The average Bonchev–Trinajstić information content (AvgIpc) is 2.89. The predicted molar refractivity (Wildman–Crippen MR) is 78.7 cm³/mol. The van der Waals surface area contributed by atoms with Crippen LogP contribution in [0.4, 0.5) is 11.6 Å². The van der Waals surface area contributed by atoms with Crippen LogP contribution in [0, 0.1) is 10.1 Å². The predicted octanol–water partition coefficient (Wildman–Crippen LogP) is 2.17. The first-order chi connectivity index (χ1) is 10.6. The minimum Gasteiger partial charge on any atom is -0.362 e. The highest BCUT2D eigenvalue weighted by molar-refractivity contribution is 5.67. The lowest BCUT2D eigenvalue weighted by Gasteiger charge is -1.97. The van der Waals surface area contributed by atoms with Crippen molar-refractivity contribution in [3.8, 4) is 11.3 Å². The third-order valence-electron chi connectivity index (χ3n) is 3.23. The first kappa shape index (κ1) is 13.7. The van der Waals surface area contributed by atoms with Crippen LogP contribution < -0.4 is 10.4 Å². The number of hydrogen-bond donors (Lipinski definition) is 1. The van der Waals surface area contributed by atoms with Crippen LogP contribution in [0.25, 0.3) is 11.3 Å². The fourth-order valence-electron chi connectivity index (χ4n) is 2.23. The van der Waals surface area contributed by atoms with E-state index in [-0.39, 0.29) is 11.6 Å². The average molecular weight is 297 g/mol. The maximum Gasteiger partial charge on any atom is 0.305 e. The number of non-ortho nitro benzene ring substituents is 1. The van der Waals surface area contributed by atoms with Crippen LogP contribution in [0.2, 0.25) is 0 Å². The number of anilines is 1. The number of nitro groups is 1. The fourth-order valence-corrected chi connectivity index (χ4v) is 2.23. The van der Waals surface area contributed by atoms with Crippen molar-refractivity contribution in [1.82, 2.24) is 5.27 Å². The molecule has 22 heavy (non-hydrogen) atoms. The number of nitrogens with zero attached hydrogens (tertiary/aromatic N) is 3. The van der Waals surface area contributed by atoms with Gasteiger partial charge in [0.05, 0.1) is 10.5 Å². The molecule has 0 atom stereocenters. The van der Waals surface area contributed by atoms with Crippen LogP contribution in [0.3, 0.4) is 0 Å². The van der Waals surface area contributed by atoms with E-state index in [1.807, 2.05) is 30.3 Å². The Labute approximate surface area is 125 Å². The molecule has 2 N–H and O–H groups in total. The maximum atomic E-state index is 10.9. The zero-order valence-electron chi connectivity index (χ0n) is 11.5. The number of benzene rings is 2. The highest BCUT2D eigenvalue weighted by Crippen LogP contribution is 2.25. The lowest BCUT2D eigenvalue weighted by atomic mass is 10.1. The van der Waals surface area contributed by atoms with Crippen molar-refractivity contribution in [3.05, 3.63) is 70.3 Å². The summed E-state index contributed by atoms with van der Waals surface area (Å²) in [5.41, 5.74) is 7.95. The Morgan fingerprint density at radius 3 is 2.68 bits per heavy atom. The Bertz CT molecular complexity index is 815. The van der Waals surface area contributed by atoms with Crippen LogP contribution in [0.1, 0.15) is 5.56 Å². The van der Waals surface area contributed by atoms with Crippen LogP contribution in [0.15, 0.2) is 59.1 Å². The number of nitrogens with two attached hydrogens (primary N) is 1. The Hall–Kier alpha value is -3.22. The van der Waals surface area contributed by atoms with Crippen molar-refractivity contribution in [2.45, 2.75) is 6.54 Å². The number of hydrogen-bond acceptors (Lipinski definition) is 5. The van der Waals surface area contributed by atoms with Gasteiger partial charge in [0.15, 0.2) is 0 Å². The van der Waals surface area contributed by atoms with Gasteiger partial charge < -0.3 is 5.73 Å². The molecule has 7 nitrogen and oxygen atoms in total. The summed E-state index contributed by atoms with van der Waals surface area (Å²) in [4.78, 5) is 10.5. The van der Waals surface area contributed by atoms with E-state index in [0.29, 0.717) is 17.8 Å². The zero-order chi connectivity index (χ0) is 15.5. The van der Waals surface area contributed by atoms with Gasteiger partial charge in [-0.05, 0) is 10.7 Å². The second-order valence-corrected chi connectivity index (χ2v) is 4.74. The van der Waals surface area contributed by atoms with Gasteiger partial charge in [-0.1, -0.05) is 36.4 Å². The summed E-state index contributed by atoms with van der Waals surface area (Å²) in [6.07, 6.45) is 0. The molecule has 0 saturated carbocycles. The molecule has 0 radical (unpaired) electrons. The number of nitrogen functional groups attached to an aromatic ring is 1. The van der Waals surface area contributed by atoms with Gasteiger partial charge in [0.2, 0.25) is 11.8 Å². The molecule has 0 aliphatic heterocycles. The van der Waals surface area contributed by atoms with Crippen molar-refractivity contribution in [2.24, 2.45) is 0 Å². The van der Waals surface area contributed by atoms with E-state index < -0.39 is 4.92 Å². The quantitative estimate of drug-likeness (QED) is 0.452. The van der Waals surface area contributed by atoms with E-state index in [1.165, 1.54) is 12.1 Å². The molecule has 0 spiro atoms. The highest BCUT2D eigenvalue weighted by Gasteiger charge is 2.26. The van der Waals surface area contributed by atoms with Crippen LogP contribution in [0.5, 0.6) is 0 Å². The molecule has 0 bridgehead atoms. The number of nitro benzene ring substituents is 1. The molecule has 0 fully saturated rings. The van der Waals surface area contributed by atoms with Gasteiger partial charge >= 0.3 is 11.6 Å². The molecule has 7 heteroatoms. The topological polar surface area (TPSA) is 99.1 Å². The Kier molecular flexibility index (Phi) is 3.53. The van der Waals surface area contributed by atoms with Crippen molar-refractivity contribution in [3.63, 3.8) is 0 Å². The van der Waals surface area contributed by atoms with Crippen molar-refractivity contribution < 1.29 is 14.1 Å². The molecule has 0 aliphatic rings. The van der Waals surface area contributed by atoms with E-state index in [9.17, 15) is 10.1 Å². The molecule has 1 heterocycles. The first-order valence-electron chi connectivity index (χ1n) is 6.59. The minimum atomic E-state index is -0.450. The first-order valence-corrected chi connectivity index (χ1v) is 6.59. The van der Waals surface area contributed by atoms with E-state index >= 15 is 0 Å². The van der Waals surface area contributed by atoms with Crippen molar-refractivity contribution >= 4 is 11.6 Å². The van der Waals surface area contributed by atoms with Crippen molar-refractivity contribution in [1.29, 1.82) is 0 Å². The smallest absolute Gasteiger partial charge is 0.305 e. The van der Waals surface area contributed by atoms with Gasteiger partial charge in [-0.25, -0.2) is 0 Å². The third kappa shape index (κ3) is 2.64. The summed E-state index contributed by atoms with van der Waals surface area (Å²) in [7, 11) is 0. The maximum absolute atomic E-state index is 10.9. The van der Waals surface area contributed by atoms with Gasteiger partial charge in [-0.15, -0.1) is 0 Å². The molecule has 1 aromatic heterocycles. The SMILES string of the molecule is Nc1on[n+](Cc2ccccc2)c1-c1cccc([N+](=O)[O-])c1. The second kappa shape index (κ2) is 5.65. The summed E-state index contributed by atoms with van der Waals surface area (Å²) < 4.78 is 6.63. The monoisotopic (exact) mass is 297 g/mol. The normalized spacial score (nSPS) is 10.5. The lowest BCUT2D eigenvalue weighted by Crippen LogP contribution is -2.38. The molecule has 0 unspecified atom stereocenters. The van der Waals surface area contributed by atoms with Crippen LogP contribution in [-0.2, 0) is 6.54 Å². The Morgan fingerprint density at radius 2 is 1.95 bits per heavy atom. The second-order valence-electron chi connectivity index (χ2n) is 4.74. The summed E-state index contributed by atoms with van der Waals surface area (Å²) in [6, 6.07) is 15.9. The molecular weight excluding hydrogens is 284 g/mol.